The molecule has 5 aromatic rings. The molecule has 0 unspecified atom stereocenters. The van der Waals surface area contributed by atoms with Crippen molar-refractivity contribution in [3.63, 3.8) is 0 Å². The van der Waals surface area contributed by atoms with Gasteiger partial charge in [-0.15, -0.1) is 22.7 Å². The molecule has 2 aromatic carbocycles. The van der Waals surface area contributed by atoms with E-state index in [1.165, 1.54) is 18.3 Å². The SMILES string of the molecule is CC(=O)Nc1ccc(-c2csc(NC(=O)c3cc(-c4cccs4)nn3-c3ccccc3)n2)cc1. The average Bonchev–Trinajstić information content (AvgIpc) is 3.60. The molecule has 0 aliphatic carbocycles. The van der Waals surface area contributed by atoms with Gasteiger partial charge in [0.2, 0.25) is 5.91 Å². The van der Waals surface area contributed by atoms with Crippen molar-refractivity contribution in [2.24, 2.45) is 0 Å². The number of nitrogens with zero attached hydrogens (tertiary/aromatic N) is 3. The van der Waals surface area contributed by atoms with Crippen molar-refractivity contribution >= 4 is 45.3 Å². The zero-order valence-corrected chi connectivity index (χ0v) is 19.7. The molecule has 0 saturated carbocycles. The largest absolute Gasteiger partial charge is 0.326 e. The van der Waals surface area contributed by atoms with Crippen LogP contribution in [0.5, 0.6) is 0 Å². The fourth-order valence-corrected chi connectivity index (χ4v) is 4.80. The minimum Gasteiger partial charge on any atom is -0.326 e. The van der Waals surface area contributed by atoms with E-state index in [2.05, 4.69) is 20.7 Å². The second-order valence-corrected chi connectivity index (χ2v) is 9.20. The summed E-state index contributed by atoms with van der Waals surface area (Å²) in [6, 6.07) is 22.7. The summed E-state index contributed by atoms with van der Waals surface area (Å²) < 4.78 is 1.65. The second kappa shape index (κ2) is 9.42. The van der Waals surface area contributed by atoms with Crippen molar-refractivity contribution in [2.75, 3.05) is 10.6 Å². The van der Waals surface area contributed by atoms with Gasteiger partial charge in [0.05, 0.1) is 16.3 Å². The maximum atomic E-state index is 13.2. The highest BCUT2D eigenvalue weighted by Crippen LogP contribution is 2.28. The van der Waals surface area contributed by atoms with Gasteiger partial charge < -0.3 is 5.32 Å². The number of carbonyl (C=O) groups excluding carboxylic acids is 2. The summed E-state index contributed by atoms with van der Waals surface area (Å²) >= 11 is 2.92. The van der Waals surface area contributed by atoms with Crippen LogP contribution in [0, 0.1) is 0 Å². The fourth-order valence-electron chi connectivity index (χ4n) is 3.41. The molecule has 3 aromatic heterocycles. The van der Waals surface area contributed by atoms with Crippen molar-refractivity contribution in [2.45, 2.75) is 6.92 Å². The third-order valence-electron chi connectivity index (χ3n) is 4.94. The van der Waals surface area contributed by atoms with Crippen molar-refractivity contribution in [1.29, 1.82) is 0 Å². The molecule has 0 radical (unpaired) electrons. The first kappa shape index (κ1) is 21.7. The molecule has 3 heterocycles. The lowest BCUT2D eigenvalue weighted by Crippen LogP contribution is -2.16. The minimum atomic E-state index is -0.291. The highest BCUT2D eigenvalue weighted by molar-refractivity contribution is 7.14. The second-order valence-electron chi connectivity index (χ2n) is 7.39. The highest BCUT2D eigenvalue weighted by Gasteiger charge is 2.19. The standard InChI is InChI=1S/C25H19N5O2S2/c1-16(31)26-18-11-9-17(10-12-18)21-15-34-25(27-21)28-24(32)22-14-20(23-8-5-13-33-23)29-30(22)19-6-3-2-4-7-19/h2-15H,1H3,(H,26,31)(H,27,28,32). The summed E-state index contributed by atoms with van der Waals surface area (Å²) in [6.45, 7) is 1.47. The number of aromatic nitrogens is 3. The Morgan fingerprint density at radius 2 is 1.68 bits per heavy atom. The Kier molecular flexibility index (Phi) is 6.03. The maximum Gasteiger partial charge on any atom is 0.276 e. The van der Waals surface area contributed by atoms with Crippen molar-refractivity contribution in [3.05, 3.63) is 89.3 Å². The Hall–Kier alpha value is -4.08. The number of thiazole rings is 1. The van der Waals surface area contributed by atoms with E-state index in [0.29, 0.717) is 10.8 Å². The summed E-state index contributed by atoms with van der Waals surface area (Å²) in [5, 5.41) is 14.7. The lowest BCUT2D eigenvalue weighted by molar-refractivity contribution is -0.114. The number of hydrogen-bond acceptors (Lipinski definition) is 6. The van der Waals surface area contributed by atoms with Crippen molar-refractivity contribution in [1.82, 2.24) is 14.8 Å². The van der Waals surface area contributed by atoms with Crippen LogP contribution in [0.1, 0.15) is 17.4 Å². The van der Waals surface area contributed by atoms with E-state index >= 15 is 0 Å². The van der Waals surface area contributed by atoms with E-state index in [-0.39, 0.29) is 11.8 Å². The van der Waals surface area contributed by atoms with Crippen LogP contribution >= 0.6 is 22.7 Å². The first-order chi connectivity index (χ1) is 16.6. The van der Waals surface area contributed by atoms with Gasteiger partial charge in [-0.05, 0) is 41.8 Å². The van der Waals surface area contributed by atoms with Gasteiger partial charge in [0.1, 0.15) is 11.4 Å². The van der Waals surface area contributed by atoms with E-state index in [0.717, 1.165) is 33.2 Å². The average molecular weight is 486 g/mol. The molecule has 2 N–H and O–H groups in total. The third-order valence-corrected chi connectivity index (χ3v) is 6.59. The van der Waals surface area contributed by atoms with E-state index in [1.54, 1.807) is 22.1 Å². The molecule has 7 nitrogen and oxygen atoms in total. The van der Waals surface area contributed by atoms with E-state index in [4.69, 9.17) is 0 Å². The molecule has 0 atom stereocenters. The molecular formula is C25H19N5O2S2. The van der Waals surface area contributed by atoms with Crippen LogP contribution in [0.4, 0.5) is 10.8 Å². The number of nitrogens with one attached hydrogen (secondary N) is 2. The first-order valence-electron chi connectivity index (χ1n) is 10.4. The summed E-state index contributed by atoms with van der Waals surface area (Å²) in [4.78, 5) is 30.0. The molecule has 0 spiro atoms. The summed E-state index contributed by atoms with van der Waals surface area (Å²) in [6.07, 6.45) is 0. The molecule has 0 fully saturated rings. The molecule has 168 valence electrons. The van der Waals surface area contributed by atoms with Gasteiger partial charge in [0.15, 0.2) is 5.13 Å². The zero-order valence-electron chi connectivity index (χ0n) is 18.1. The summed E-state index contributed by atoms with van der Waals surface area (Å²) in [7, 11) is 0. The molecule has 0 aliphatic heterocycles. The predicted octanol–water partition coefficient (Wildman–Crippen LogP) is 5.94. The minimum absolute atomic E-state index is 0.122. The number of hydrogen-bond donors (Lipinski definition) is 2. The Labute approximate surface area is 203 Å². The van der Waals surface area contributed by atoms with Gasteiger partial charge >= 0.3 is 0 Å². The van der Waals surface area contributed by atoms with Gasteiger partial charge in [0, 0.05) is 23.6 Å². The van der Waals surface area contributed by atoms with Gasteiger partial charge in [-0.25, -0.2) is 9.67 Å². The highest BCUT2D eigenvalue weighted by atomic mass is 32.1. The van der Waals surface area contributed by atoms with Crippen molar-refractivity contribution in [3.8, 4) is 27.5 Å². The Balaban J connectivity index is 1.40. The number of para-hydroxylation sites is 1. The van der Waals surface area contributed by atoms with Gasteiger partial charge in [-0.1, -0.05) is 36.4 Å². The van der Waals surface area contributed by atoms with Gasteiger partial charge in [-0.2, -0.15) is 5.10 Å². The molecular weight excluding hydrogens is 466 g/mol. The van der Waals surface area contributed by atoms with Gasteiger partial charge in [0.25, 0.3) is 5.91 Å². The van der Waals surface area contributed by atoms with Crippen LogP contribution in [-0.2, 0) is 4.79 Å². The number of benzene rings is 2. The Bertz CT molecular complexity index is 1440. The van der Waals surface area contributed by atoms with Crippen LogP contribution in [0.3, 0.4) is 0 Å². The van der Waals surface area contributed by atoms with Crippen LogP contribution in [0.25, 0.3) is 27.5 Å². The van der Waals surface area contributed by atoms with Gasteiger partial charge in [-0.3, -0.25) is 14.9 Å². The molecule has 34 heavy (non-hydrogen) atoms. The first-order valence-corrected chi connectivity index (χ1v) is 12.2. The Morgan fingerprint density at radius 3 is 2.38 bits per heavy atom. The number of anilines is 2. The normalized spacial score (nSPS) is 10.7. The predicted molar refractivity (Wildman–Crippen MR) is 137 cm³/mol. The number of amides is 2. The summed E-state index contributed by atoms with van der Waals surface area (Å²) in [5.41, 5.74) is 4.31. The fraction of sp³-hybridized carbons (Fsp3) is 0.0400. The van der Waals surface area contributed by atoms with Crippen LogP contribution in [0.15, 0.2) is 83.6 Å². The monoisotopic (exact) mass is 485 g/mol. The number of thiophene rings is 1. The third kappa shape index (κ3) is 4.66. The quantitative estimate of drug-likeness (QED) is 0.312. The molecule has 0 saturated heterocycles. The molecule has 9 heteroatoms. The van der Waals surface area contributed by atoms with Crippen LogP contribution in [-0.4, -0.2) is 26.6 Å². The topological polar surface area (TPSA) is 88.9 Å². The smallest absolute Gasteiger partial charge is 0.276 e. The summed E-state index contributed by atoms with van der Waals surface area (Å²) in [5.74, 6) is -0.413. The van der Waals surface area contributed by atoms with E-state index in [1.807, 2.05) is 77.5 Å². The molecule has 0 aliphatic rings. The molecule has 5 rings (SSSR count). The number of carbonyl (C=O) groups is 2. The number of rotatable bonds is 6. The van der Waals surface area contributed by atoms with Crippen molar-refractivity contribution < 1.29 is 9.59 Å². The van der Waals surface area contributed by atoms with E-state index < -0.39 is 0 Å². The van der Waals surface area contributed by atoms with E-state index in [9.17, 15) is 9.59 Å². The van der Waals surface area contributed by atoms with Crippen LogP contribution < -0.4 is 10.6 Å². The lowest BCUT2D eigenvalue weighted by Gasteiger charge is -2.06. The zero-order chi connectivity index (χ0) is 23.5. The van der Waals surface area contributed by atoms with Crippen LogP contribution in [0.2, 0.25) is 0 Å². The Morgan fingerprint density at radius 1 is 0.882 bits per heavy atom. The molecule has 0 bridgehead atoms. The molecule has 2 amide bonds. The maximum absolute atomic E-state index is 13.2. The lowest BCUT2D eigenvalue weighted by atomic mass is 10.1.